The van der Waals surface area contributed by atoms with Gasteiger partial charge in [-0.05, 0) is 69.9 Å². The summed E-state index contributed by atoms with van der Waals surface area (Å²) in [6.07, 6.45) is 5.01. The van der Waals surface area contributed by atoms with E-state index in [9.17, 15) is 0 Å². The Bertz CT molecular complexity index is 512. The van der Waals surface area contributed by atoms with Crippen LogP contribution >= 0.6 is 23.2 Å². The van der Waals surface area contributed by atoms with E-state index >= 15 is 0 Å². The number of hydrogen-bond acceptors (Lipinski definition) is 3. The molecule has 0 bridgehead atoms. The maximum atomic E-state index is 6.43. The van der Waals surface area contributed by atoms with Crippen molar-refractivity contribution < 1.29 is 4.74 Å². The van der Waals surface area contributed by atoms with Crippen LogP contribution in [0.15, 0.2) is 12.1 Å². The molecule has 0 radical (unpaired) electrons. The fourth-order valence-electron chi connectivity index (χ4n) is 3.37. The Balaban J connectivity index is 1.60. The lowest BCUT2D eigenvalue weighted by atomic mass is 9.82. The second-order valence-corrected chi connectivity index (χ2v) is 7.31. The lowest BCUT2D eigenvalue weighted by molar-refractivity contribution is 0.0658. The standard InChI is InChI=1S/C17H24Cl2N2O/c1-20-10-12-6-14(7-12)22-17-9-15(18)13(8-16(17)19)11-21-4-2-3-5-21/h8-9,12,14,20H,2-7,10-11H2,1H3. The average molecular weight is 343 g/mol. The van der Waals surface area contributed by atoms with Crippen LogP contribution in [0.5, 0.6) is 5.75 Å². The summed E-state index contributed by atoms with van der Waals surface area (Å²) in [5.74, 6) is 1.45. The molecule has 122 valence electrons. The predicted molar refractivity (Wildman–Crippen MR) is 92.0 cm³/mol. The summed E-state index contributed by atoms with van der Waals surface area (Å²) in [7, 11) is 1.99. The lowest BCUT2D eigenvalue weighted by Crippen LogP contribution is -2.38. The van der Waals surface area contributed by atoms with E-state index in [1.807, 2.05) is 19.2 Å². The molecule has 1 saturated carbocycles. The van der Waals surface area contributed by atoms with Crippen LogP contribution in [0, 0.1) is 5.92 Å². The largest absolute Gasteiger partial charge is 0.489 e. The molecule has 0 unspecified atom stereocenters. The minimum atomic E-state index is 0.274. The van der Waals surface area contributed by atoms with Crippen LogP contribution in [0.1, 0.15) is 31.2 Å². The number of likely N-dealkylation sites (tertiary alicyclic amines) is 1. The second-order valence-electron chi connectivity index (χ2n) is 6.49. The number of ether oxygens (including phenoxy) is 1. The fraction of sp³-hybridized carbons (Fsp3) is 0.647. The molecule has 0 spiro atoms. The number of halogens is 2. The van der Waals surface area contributed by atoms with Crippen LogP contribution in [0.3, 0.4) is 0 Å². The summed E-state index contributed by atoms with van der Waals surface area (Å²) < 4.78 is 6.01. The predicted octanol–water partition coefficient (Wildman–Crippen LogP) is 3.97. The Morgan fingerprint density at radius 1 is 1.18 bits per heavy atom. The maximum Gasteiger partial charge on any atom is 0.139 e. The Kier molecular flexibility index (Phi) is 5.50. The number of benzene rings is 1. The highest BCUT2D eigenvalue weighted by Gasteiger charge is 2.30. The quantitative estimate of drug-likeness (QED) is 0.846. The van der Waals surface area contributed by atoms with Crippen molar-refractivity contribution in [1.82, 2.24) is 10.2 Å². The number of nitrogens with one attached hydrogen (secondary N) is 1. The SMILES string of the molecule is CNCC1CC(Oc2cc(Cl)c(CN3CCCC3)cc2Cl)C1. The number of hydrogen-bond donors (Lipinski definition) is 1. The summed E-state index contributed by atoms with van der Waals surface area (Å²) in [6.45, 7) is 4.25. The van der Waals surface area contributed by atoms with Crippen LogP contribution in [0.25, 0.3) is 0 Å². The third kappa shape index (κ3) is 3.88. The van der Waals surface area contributed by atoms with Gasteiger partial charge in [0.05, 0.1) is 11.1 Å². The molecule has 22 heavy (non-hydrogen) atoms. The molecule has 2 fully saturated rings. The molecule has 3 rings (SSSR count). The van der Waals surface area contributed by atoms with E-state index in [1.54, 1.807) is 0 Å². The van der Waals surface area contributed by atoms with Crippen molar-refractivity contribution in [1.29, 1.82) is 0 Å². The molecule has 1 saturated heterocycles. The summed E-state index contributed by atoms with van der Waals surface area (Å²) >= 11 is 12.8. The number of rotatable bonds is 6. The van der Waals surface area contributed by atoms with Crippen molar-refractivity contribution in [2.24, 2.45) is 5.92 Å². The Hall–Kier alpha value is -0.480. The van der Waals surface area contributed by atoms with Crippen molar-refractivity contribution in [3.8, 4) is 5.75 Å². The summed E-state index contributed by atoms with van der Waals surface area (Å²) in [5, 5.41) is 4.65. The van der Waals surface area contributed by atoms with E-state index in [1.165, 1.54) is 12.8 Å². The van der Waals surface area contributed by atoms with Gasteiger partial charge in [0.2, 0.25) is 0 Å². The third-order valence-electron chi connectivity index (χ3n) is 4.67. The Morgan fingerprint density at radius 2 is 1.91 bits per heavy atom. The molecule has 5 heteroatoms. The van der Waals surface area contributed by atoms with Gasteiger partial charge in [-0.2, -0.15) is 0 Å². The summed E-state index contributed by atoms with van der Waals surface area (Å²) in [5.41, 5.74) is 1.10. The molecule has 0 amide bonds. The molecule has 1 aromatic rings. The lowest BCUT2D eigenvalue weighted by Gasteiger charge is -2.35. The highest BCUT2D eigenvalue weighted by Crippen LogP contribution is 2.37. The van der Waals surface area contributed by atoms with E-state index in [0.29, 0.717) is 5.02 Å². The Labute approximate surface area is 142 Å². The first-order chi connectivity index (χ1) is 10.7. The van der Waals surface area contributed by atoms with Gasteiger partial charge in [0.1, 0.15) is 5.75 Å². The molecule has 1 aliphatic carbocycles. The first-order valence-corrected chi connectivity index (χ1v) is 8.93. The molecule has 1 N–H and O–H groups in total. The zero-order chi connectivity index (χ0) is 15.5. The summed E-state index contributed by atoms with van der Waals surface area (Å²) in [6, 6.07) is 3.86. The van der Waals surface area contributed by atoms with E-state index in [4.69, 9.17) is 27.9 Å². The van der Waals surface area contributed by atoms with Crippen molar-refractivity contribution in [3.05, 3.63) is 27.7 Å². The topological polar surface area (TPSA) is 24.5 Å². The van der Waals surface area contributed by atoms with Crippen LogP contribution in [-0.2, 0) is 6.54 Å². The average Bonchev–Trinajstić information content (AvgIpc) is 2.94. The van der Waals surface area contributed by atoms with E-state index in [0.717, 1.165) is 61.3 Å². The van der Waals surface area contributed by atoms with Gasteiger partial charge in [-0.3, -0.25) is 4.90 Å². The third-order valence-corrected chi connectivity index (χ3v) is 5.32. The van der Waals surface area contributed by atoms with Gasteiger partial charge in [0.15, 0.2) is 0 Å². The monoisotopic (exact) mass is 342 g/mol. The van der Waals surface area contributed by atoms with Crippen LogP contribution in [-0.4, -0.2) is 37.7 Å². The van der Waals surface area contributed by atoms with Gasteiger partial charge in [-0.25, -0.2) is 0 Å². The maximum absolute atomic E-state index is 6.43. The second kappa shape index (κ2) is 7.39. The smallest absolute Gasteiger partial charge is 0.139 e. The van der Waals surface area contributed by atoms with Crippen LogP contribution in [0.2, 0.25) is 10.0 Å². The molecule has 1 aromatic carbocycles. The van der Waals surface area contributed by atoms with E-state index < -0.39 is 0 Å². The summed E-state index contributed by atoms with van der Waals surface area (Å²) in [4.78, 5) is 2.42. The van der Waals surface area contributed by atoms with E-state index in [2.05, 4.69) is 10.2 Å². The minimum absolute atomic E-state index is 0.274. The van der Waals surface area contributed by atoms with Crippen LogP contribution in [0.4, 0.5) is 0 Å². The van der Waals surface area contributed by atoms with Gasteiger partial charge in [0, 0.05) is 17.6 Å². The first-order valence-electron chi connectivity index (χ1n) is 8.17. The van der Waals surface area contributed by atoms with Gasteiger partial charge in [-0.15, -0.1) is 0 Å². The molecule has 3 nitrogen and oxygen atoms in total. The molecular formula is C17H24Cl2N2O. The van der Waals surface area contributed by atoms with E-state index in [-0.39, 0.29) is 6.10 Å². The molecule has 0 atom stereocenters. The fourth-order valence-corrected chi connectivity index (χ4v) is 3.81. The highest BCUT2D eigenvalue weighted by atomic mass is 35.5. The normalized spacial score (nSPS) is 25.2. The minimum Gasteiger partial charge on any atom is -0.489 e. The van der Waals surface area contributed by atoms with Crippen molar-refractivity contribution in [2.45, 2.75) is 38.3 Å². The molecule has 2 aliphatic rings. The molecular weight excluding hydrogens is 319 g/mol. The molecule has 0 aromatic heterocycles. The van der Waals surface area contributed by atoms with Crippen molar-refractivity contribution >= 4 is 23.2 Å². The van der Waals surface area contributed by atoms with Crippen molar-refractivity contribution in [3.63, 3.8) is 0 Å². The molecule has 1 aliphatic heterocycles. The van der Waals surface area contributed by atoms with Gasteiger partial charge in [-0.1, -0.05) is 23.2 Å². The van der Waals surface area contributed by atoms with Gasteiger partial charge in [0.25, 0.3) is 0 Å². The molecule has 1 heterocycles. The van der Waals surface area contributed by atoms with Gasteiger partial charge < -0.3 is 10.1 Å². The van der Waals surface area contributed by atoms with Crippen LogP contribution < -0.4 is 10.1 Å². The highest BCUT2D eigenvalue weighted by molar-refractivity contribution is 6.34. The first kappa shape index (κ1) is 16.4. The van der Waals surface area contributed by atoms with Gasteiger partial charge >= 0.3 is 0 Å². The van der Waals surface area contributed by atoms with Crippen molar-refractivity contribution in [2.75, 3.05) is 26.7 Å². The number of nitrogens with zero attached hydrogens (tertiary/aromatic N) is 1. The Morgan fingerprint density at radius 3 is 2.59 bits per heavy atom. The zero-order valence-corrected chi connectivity index (χ0v) is 14.6. The zero-order valence-electron chi connectivity index (χ0n) is 13.1.